The van der Waals surface area contributed by atoms with Crippen molar-refractivity contribution in [3.05, 3.63) is 29.8 Å². The minimum absolute atomic E-state index is 0.818. The van der Waals surface area contributed by atoms with Gasteiger partial charge in [0.15, 0.2) is 0 Å². The zero-order valence-corrected chi connectivity index (χ0v) is 10.5. The largest absolute Gasteiger partial charge is 0.497 e. The summed E-state index contributed by atoms with van der Waals surface area (Å²) in [5.74, 6) is 3.04. The second kappa shape index (κ2) is 4.69. The summed E-state index contributed by atoms with van der Waals surface area (Å²) >= 11 is 0. The summed E-state index contributed by atoms with van der Waals surface area (Å²) < 4.78 is 5.16. The lowest BCUT2D eigenvalue weighted by Crippen LogP contribution is -2.30. The molecule has 2 aliphatic rings. The topological polar surface area (TPSA) is 21.3 Å². The van der Waals surface area contributed by atoms with Gasteiger partial charge in [0.2, 0.25) is 0 Å². The van der Waals surface area contributed by atoms with Crippen molar-refractivity contribution in [1.82, 2.24) is 5.32 Å². The van der Waals surface area contributed by atoms with Gasteiger partial charge >= 0.3 is 0 Å². The first-order valence-electron chi connectivity index (χ1n) is 6.73. The summed E-state index contributed by atoms with van der Waals surface area (Å²) in [6.45, 7) is 1.11. The predicted octanol–water partition coefficient (Wildman–Crippen LogP) is 2.63. The fraction of sp³-hybridized carbons (Fsp3) is 0.600. The highest BCUT2D eigenvalue weighted by atomic mass is 16.5. The normalized spacial score (nSPS) is 30.1. The van der Waals surface area contributed by atoms with Gasteiger partial charge in [-0.05, 0) is 61.8 Å². The van der Waals surface area contributed by atoms with Crippen molar-refractivity contribution < 1.29 is 4.74 Å². The van der Waals surface area contributed by atoms with E-state index >= 15 is 0 Å². The molecule has 2 nitrogen and oxygen atoms in total. The Morgan fingerprint density at radius 1 is 1.24 bits per heavy atom. The van der Waals surface area contributed by atoms with Crippen LogP contribution in [0.25, 0.3) is 0 Å². The minimum atomic E-state index is 0.818. The molecule has 1 aromatic rings. The van der Waals surface area contributed by atoms with Crippen LogP contribution in [0.1, 0.15) is 24.8 Å². The summed E-state index contributed by atoms with van der Waals surface area (Å²) in [7, 11) is 1.71. The third-order valence-corrected chi connectivity index (χ3v) is 4.32. The van der Waals surface area contributed by atoms with Gasteiger partial charge in [-0.1, -0.05) is 12.1 Å². The molecule has 0 amide bonds. The lowest BCUT2D eigenvalue weighted by molar-refractivity contribution is 0.414. The molecule has 0 radical (unpaired) electrons. The SMILES string of the molecule is COc1ccc(CCNC2CC[C@H]3C[C@@H]23)cc1. The van der Waals surface area contributed by atoms with Crippen LogP contribution in [0.4, 0.5) is 0 Å². The standard InChI is InChI=1S/C15H21NO/c1-17-13-5-2-11(3-6-13)8-9-16-15-7-4-12-10-14(12)15/h2-3,5-6,12,14-16H,4,7-10H2,1H3/t12-,14+,15?/m0/s1. The highest BCUT2D eigenvalue weighted by molar-refractivity contribution is 5.27. The average molecular weight is 231 g/mol. The second-order valence-electron chi connectivity index (χ2n) is 5.40. The van der Waals surface area contributed by atoms with Gasteiger partial charge in [-0.2, -0.15) is 0 Å². The van der Waals surface area contributed by atoms with Crippen molar-refractivity contribution in [3.8, 4) is 5.75 Å². The van der Waals surface area contributed by atoms with Gasteiger partial charge < -0.3 is 10.1 Å². The Labute approximate surface area is 103 Å². The number of fused-ring (bicyclic) bond motifs is 1. The number of benzene rings is 1. The first-order valence-corrected chi connectivity index (χ1v) is 6.73. The van der Waals surface area contributed by atoms with Crippen LogP contribution in [0.5, 0.6) is 5.75 Å². The van der Waals surface area contributed by atoms with E-state index in [4.69, 9.17) is 4.74 Å². The number of hydrogen-bond acceptors (Lipinski definition) is 2. The fourth-order valence-corrected chi connectivity index (χ4v) is 3.15. The van der Waals surface area contributed by atoms with Crippen molar-refractivity contribution in [1.29, 1.82) is 0 Å². The Bertz CT molecular complexity index is 373. The molecule has 2 aliphatic carbocycles. The molecular weight excluding hydrogens is 210 g/mol. The van der Waals surface area contributed by atoms with Crippen molar-refractivity contribution in [2.24, 2.45) is 11.8 Å². The Hall–Kier alpha value is -1.02. The molecule has 1 aromatic carbocycles. The molecule has 0 bridgehead atoms. The molecule has 2 fully saturated rings. The summed E-state index contributed by atoms with van der Waals surface area (Å²) in [5, 5.41) is 3.72. The summed E-state index contributed by atoms with van der Waals surface area (Å²) in [6.07, 6.45) is 5.47. The maximum atomic E-state index is 5.16. The predicted molar refractivity (Wildman–Crippen MR) is 69.3 cm³/mol. The monoisotopic (exact) mass is 231 g/mol. The highest BCUT2D eigenvalue weighted by Gasteiger charge is 2.47. The average Bonchev–Trinajstić information content (AvgIpc) is 3.05. The van der Waals surface area contributed by atoms with E-state index in [2.05, 4.69) is 17.4 Å². The van der Waals surface area contributed by atoms with E-state index in [0.29, 0.717) is 0 Å². The summed E-state index contributed by atoms with van der Waals surface area (Å²) in [5.41, 5.74) is 1.39. The second-order valence-corrected chi connectivity index (χ2v) is 5.40. The van der Waals surface area contributed by atoms with E-state index in [1.54, 1.807) is 7.11 Å². The molecule has 0 heterocycles. The van der Waals surface area contributed by atoms with E-state index in [0.717, 1.165) is 36.6 Å². The molecule has 0 aliphatic heterocycles. The van der Waals surface area contributed by atoms with Gasteiger partial charge in [-0.25, -0.2) is 0 Å². The third kappa shape index (κ3) is 2.47. The smallest absolute Gasteiger partial charge is 0.118 e. The van der Waals surface area contributed by atoms with E-state index in [1.165, 1.54) is 24.8 Å². The zero-order valence-electron chi connectivity index (χ0n) is 10.5. The summed E-state index contributed by atoms with van der Waals surface area (Å²) in [4.78, 5) is 0. The number of ether oxygens (including phenoxy) is 1. The van der Waals surface area contributed by atoms with Crippen LogP contribution < -0.4 is 10.1 Å². The van der Waals surface area contributed by atoms with Crippen molar-refractivity contribution in [3.63, 3.8) is 0 Å². The van der Waals surface area contributed by atoms with Crippen LogP contribution in [0.3, 0.4) is 0 Å². The van der Waals surface area contributed by atoms with Crippen LogP contribution in [-0.2, 0) is 6.42 Å². The summed E-state index contributed by atoms with van der Waals surface area (Å²) in [6, 6.07) is 9.23. The van der Waals surface area contributed by atoms with Crippen molar-refractivity contribution >= 4 is 0 Å². The van der Waals surface area contributed by atoms with Crippen LogP contribution in [0, 0.1) is 11.8 Å². The van der Waals surface area contributed by atoms with E-state index < -0.39 is 0 Å². The molecule has 1 unspecified atom stereocenters. The first kappa shape index (κ1) is 11.1. The number of nitrogens with one attached hydrogen (secondary N) is 1. The van der Waals surface area contributed by atoms with Crippen LogP contribution >= 0.6 is 0 Å². The van der Waals surface area contributed by atoms with Crippen LogP contribution in [0.2, 0.25) is 0 Å². The Kier molecular flexibility index (Phi) is 3.06. The molecule has 0 spiro atoms. The van der Waals surface area contributed by atoms with E-state index in [-0.39, 0.29) is 0 Å². The molecular formula is C15H21NO. The molecule has 92 valence electrons. The Balaban J connectivity index is 1.43. The fourth-order valence-electron chi connectivity index (χ4n) is 3.15. The van der Waals surface area contributed by atoms with Gasteiger partial charge in [-0.15, -0.1) is 0 Å². The van der Waals surface area contributed by atoms with Gasteiger partial charge in [0.1, 0.15) is 5.75 Å². The zero-order chi connectivity index (χ0) is 11.7. The number of methoxy groups -OCH3 is 1. The molecule has 0 aromatic heterocycles. The third-order valence-electron chi connectivity index (χ3n) is 4.32. The van der Waals surface area contributed by atoms with Crippen molar-refractivity contribution in [2.75, 3.05) is 13.7 Å². The number of rotatable bonds is 5. The minimum Gasteiger partial charge on any atom is -0.497 e. The van der Waals surface area contributed by atoms with Gasteiger partial charge in [-0.3, -0.25) is 0 Å². The van der Waals surface area contributed by atoms with Crippen molar-refractivity contribution in [2.45, 2.75) is 31.7 Å². The maximum Gasteiger partial charge on any atom is 0.118 e. The molecule has 3 atom stereocenters. The maximum absolute atomic E-state index is 5.16. The van der Waals surface area contributed by atoms with Crippen LogP contribution in [0.15, 0.2) is 24.3 Å². The molecule has 3 rings (SSSR count). The molecule has 0 saturated heterocycles. The highest BCUT2D eigenvalue weighted by Crippen LogP contribution is 2.51. The van der Waals surface area contributed by atoms with Gasteiger partial charge in [0.25, 0.3) is 0 Å². The number of hydrogen-bond donors (Lipinski definition) is 1. The first-order chi connectivity index (χ1) is 8.36. The quantitative estimate of drug-likeness (QED) is 0.841. The molecule has 2 heteroatoms. The molecule has 1 N–H and O–H groups in total. The molecule has 17 heavy (non-hydrogen) atoms. The van der Waals surface area contributed by atoms with Gasteiger partial charge in [0.05, 0.1) is 7.11 Å². The molecule has 2 saturated carbocycles. The van der Waals surface area contributed by atoms with E-state index in [9.17, 15) is 0 Å². The van der Waals surface area contributed by atoms with Gasteiger partial charge in [0, 0.05) is 6.04 Å². The Morgan fingerprint density at radius 2 is 2.06 bits per heavy atom. The Morgan fingerprint density at radius 3 is 2.65 bits per heavy atom. The van der Waals surface area contributed by atoms with E-state index in [1.807, 2.05) is 12.1 Å². The lowest BCUT2D eigenvalue weighted by Gasteiger charge is -2.14. The van der Waals surface area contributed by atoms with Crippen LogP contribution in [-0.4, -0.2) is 19.7 Å². The lowest BCUT2D eigenvalue weighted by atomic mass is 10.1.